The molecule has 18 heteroatoms. The molecule has 58 heavy (non-hydrogen) atoms. The van der Waals surface area contributed by atoms with E-state index in [1.54, 1.807) is 40.9 Å². The number of nitrogens with two attached hydrogens (primary N) is 1. The van der Waals surface area contributed by atoms with Gasteiger partial charge in [0.25, 0.3) is 5.67 Å². The number of aliphatic hydroxyl groups is 1. The third kappa shape index (κ3) is 8.58. The van der Waals surface area contributed by atoms with Crippen LogP contribution in [0, 0.1) is 17.8 Å². The van der Waals surface area contributed by atoms with Crippen molar-refractivity contribution in [2.45, 2.75) is 161 Å². The van der Waals surface area contributed by atoms with Gasteiger partial charge in [0.2, 0.25) is 0 Å². The molecule has 2 aromatic rings. The second-order valence-corrected chi connectivity index (χ2v) is 16.8. The molecule has 3 aliphatic heterocycles. The van der Waals surface area contributed by atoms with Crippen molar-refractivity contribution in [1.82, 2.24) is 29.7 Å². The lowest BCUT2D eigenvalue weighted by atomic mass is 9.73. The molecule has 324 valence electrons. The summed E-state index contributed by atoms with van der Waals surface area (Å²) in [5.74, 6) is -5.60. The van der Waals surface area contributed by atoms with Crippen LogP contribution < -0.4 is 11.1 Å². The zero-order valence-electron chi connectivity index (χ0n) is 35.4. The van der Waals surface area contributed by atoms with Crippen molar-refractivity contribution >= 4 is 40.6 Å². The van der Waals surface area contributed by atoms with Gasteiger partial charge in [-0.25, -0.2) is 28.9 Å². The Hall–Kier alpha value is -3.84. The van der Waals surface area contributed by atoms with Crippen molar-refractivity contribution in [2.24, 2.45) is 17.8 Å². The number of hydrogen-bond acceptors (Lipinski definition) is 15. The van der Waals surface area contributed by atoms with Gasteiger partial charge in [-0.3, -0.25) is 9.59 Å². The van der Waals surface area contributed by atoms with Crippen LogP contribution >= 0.6 is 0 Å². The number of carbonyl (C=O) groups is 4. The van der Waals surface area contributed by atoms with Gasteiger partial charge < -0.3 is 49.3 Å². The van der Waals surface area contributed by atoms with Crippen molar-refractivity contribution in [3.8, 4) is 0 Å². The number of nitrogen functional groups attached to an aromatic ring is 1. The molecule has 3 aliphatic rings. The Morgan fingerprint density at radius 2 is 1.72 bits per heavy atom. The van der Waals surface area contributed by atoms with Gasteiger partial charge >= 0.3 is 12.1 Å². The molecule has 1 unspecified atom stereocenters. The van der Waals surface area contributed by atoms with E-state index in [0.717, 1.165) is 6.92 Å². The van der Waals surface area contributed by atoms with E-state index in [4.69, 9.17) is 29.4 Å². The number of imidazole rings is 1. The van der Waals surface area contributed by atoms with Crippen LogP contribution in [-0.4, -0.2) is 133 Å². The summed E-state index contributed by atoms with van der Waals surface area (Å²) in [5.41, 5.74) is 0.752. The van der Waals surface area contributed by atoms with Gasteiger partial charge in [-0.15, -0.1) is 0 Å². The van der Waals surface area contributed by atoms with Crippen molar-refractivity contribution in [3.63, 3.8) is 0 Å². The van der Waals surface area contributed by atoms with Crippen LogP contribution in [0.25, 0.3) is 11.2 Å². The number of nitrogens with zero attached hydrogens (tertiary/aromatic N) is 5. The average molecular weight is 820 g/mol. The topological polar surface area (TPSA) is 220 Å². The Bertz CT molecular complexity index is 1810. The number of aryl methyl sites for hydroxylation is 1. The zero-order valence-corrected chi connectivity index (χ0v) is 35.4. The van der Waals surface area contributed by atoms with Crippen molar-refractivity contribution < 1.29 is 52.4 Å². The number of aromatic nitrogens is 4. The van der Waals surface area contributed by atoms with E-state index in [0.29, 0.717) is 43.5 Å². The summed E-state index contributed by atoms with van der Waals surface area (Å²) in [6.45, 7) is 15.6. The van der Waals surface area contributed by atoms with E-state index in [1.807, 2.05) is 18.4 Å². The number of methoxy groups -OCH3 is 1. The van der Waals surface area contributed by atoms with Crippen LogP contribution in [0.1, 0.15) is 94.4 Å². The first-order valence-corrected chi connectivity index (χ1v) is 20.4. The molecule has 0 radical (unpaired) electrons. The number of aliphatic hydroxyl groups excluding tert-OH is 1. The van der Waals surface area contributed by atoms with Gasteiger partial charge in [-0.05, 0) is 66.3 Å². The molecule has 0 aromatic carbocycles. The van der Waals surface area contributed by atoms with Crippen molar-refractivity contribution in [1.29, 1.82) is 0 Å². The second kappa shape index (κ2) is 17.8. The second-order valence-electron chi connectivity index (χ2n) is 16.8. The van der Waals surface area contributed by atoms with E-state index >= 15 is 4.39 Å². The molecule has 5 heterocycles. The number of Topliss-reactive ketones (excluding diaryl/α,β-unsaturated/α-hetero) is 2. The molecule has 3 fully saturated rings. The molecular weight excluding hydrogens is 757 g/mol. The predicted molar refractivity (Wildman–Crippen MR) is 209 cm³/mol. The molecule has 0 bridgehead atoms. The number of anilines is 1. The van der Waals surface area contributed by atoms with Gasteiger partial charge in [0.15, 0.2) is 29.1 Å². The summed E-state index contributed by atoms with van der Waals surface area (Å²) in [5, 5.41) is 14.6. The number of esters is 1. The van der Waals surface area contributed by atoms with E-state index in [-0.39, 0.29) is 37.1 Å². The van der Waals surface area contributed by atoms with Gasteiger partial charge in [0.1, 0.15) is 29.8 Å². The number of ketones is 2. The number of halogens is 1. The highest BCUT2D eigenvalue weighted by Crippen LogP contribution is 2.43. The molecule has 17 nitrogen and oxygen atoms in total. The van der Waals surface area contributed by atoms with Gasteiger partial charge in [-0.1, -0.05) is 34.6 Å². The fraction of sp³-hybridized carbons (Fsp3) is 0.775. The summed E-state index contributed by atoms with van der Waals surface area (Å²) in [7, 11) is 1.39. The monoisotopic (exact) mass is 819 g/mol. The summed E-state index contributed by atoms with van der Waals surface area (Å²) in [4.78, 5) is 70.7. The summed E-state index contributed by atoms with van der Waals surface area (Å²) in [6.07, 6.45) is -1.46. The number of unbranched alkanes of at least 4 members (excludes halogenated alkanes) is 1. The third-order valence-electron chi connectivity index (χ3n) is 12.5. The van der Waals surface area contributed by atoms with Crippen LogP contribution in [0.5, 0.6) is 0 Å². The van der Waals surface area contributed by atoms with E-state index in [9.17, 15) is 24.3 Å². The van der Waals surface area contributed by atoms with Crippen molar-refractivity contribution in [3.05, 3.63) is 12.7 Å². The third-order valence-corrected chi connectivity index (χ3v) is 12.5. The lowest BCUT2D eigenvalue weighted by molar-refractivity contribution is -0.290. The molecule has 13 atom stereocenters. The molecule has 0 aliphatic carbocycles. The largest absolute Gasteiger partial charge is 0.455 e. The standard InChI is InChI=1S/C40H62FN7O10/c1-11-26-40(9)30(48(37(53)58-40)16-14-13-15-47-20-46-27-33(42)44-19-45-34(27)47)23(5)28(49)21(3)18-38(7,54-10)32(24(6)31(51)39(8,41)36(52)56-26)57-35-29(50)25(43-12-2)17-22(4)55-35/h19-26,29-30,32,35,43,50H,11-18H2,1-10H3,(H2,42,44,45)/t21-,22-,23+,24+,25+,26-,29+,30?,32-,35+,38-,39+,40-/m1/s1. The van der Waals surface area contributed by atoms with E-state index in [2.05, 4.69) is 20.3 Å². The maximum atomic E-state index is 16.9. The number of alkyl halides is 1. The molecule has 0 spiro atoms. The molecule has 3 saturated heterocycles. The Morgan fingerprint density at radius 3 is 2.38 bits per heavy atom. The highest BCUT2D eigenvalue weighted by atomic mass is 19.1. The Morgan fingerprint density at radius 1 is 1.03 bits per heavy atom. The first-order chi connectivity index (χ1) is 27.2. The van der Waals surface area contributed by atoms with Crippen LogP contribution in [0.15, 0.2) is 12.7 Å². The number of carbonyl (C=O) groups excluding carboxylic acids is 4. The molecule has 0 saturated carbocycles. The predicted octanol–water partition coefficient (Wildman–Crippen LogP) is 3.53. The lowest BCUT2D eigenvalue weighted by Gasteiger charge is -2.46. The maximum absolute atomic E-state index is 16.9. The van der Waals surface area contributed by atoms with Crippen LogP contribution in [-0.2, 0) is 44.6 Å². The van der Waals surface area contributed by atoms with Crippen LogP contribution in [0.3, 0.4) is 0 Å². The van der Waals surface area contributed by atoms with Gasteiger partial charge in [-0.2, -0.15) is 0 Å². The number of nitrogens with one attached hydrogen (secondary N) is 1. The number of ether oxygens (including phenoxy) is 5. The lowest BCUT2D eigenvalue weighted by Crippen LogP contribution is -2.62. The van der Waals surface area contributed by atoms with Crippen LogP contribution in [0.4, 0.5) is 15.0 Å². The number of fused-ring (bicyclic) bond motifs is 2. The van der Waals surface area contributed by atoms with Crippen LogP contribution in [0.2, 0.25) is 0 Å². The van der Waals surface area contributed by atoms with Gasteiger partial charge in [0.05, 0.1) is 30.2 Å². The fourth-order valence-corrected chi connectivity index (χ4v) is 9.32. The summed E-state index contributed by atoms with van der Waals surface area (Å²) < 4.78 is 49.2. The average Bonchev–Trinajstić information content (AvgIpc) is 3.72. The summed E-state index contributed by atoms with van der Waals surface area (Å²) >= 11 is 0. The smallest absolute Gasteiger partial charge is 0.410 e. The Kier molecular flexibility index (Phi) is 13.9. The SMILES string of the molecule is CCN[C@H]1C[C@@H](C)O[C@@H](O[C@@H]2[C@@H](C)C(=O)[C@](C)(F)C(=O)O[C@H](CC)[C@@]3(C)OC(=O)N(CCCCn4cnc5c(N)ncnc54)C3[C@@H](C)C(=O)[C@H](C)C[C@@]2(C)OC)[C@H]1O. The van der Waals surface area contributed by atoms with E-state index in [1.165, 1.54) is 25.3 Å². The fourth-order valence-electron chi connectivity index (χ4n) is 9.32. The van der Waals surface area contributed by atoms with E-state index < -0.39 is 89.2 Å². The summed E-state index contributed by atoms with van der Waals surface area (Å²) in [6, 6.07) is -1.35. The molecule has 2 aromatic heterocycles. The molecular formula is C40H62FN7O10. The first-order valence-electron chi connectivity index (χ1n) is 20.4. The number of likely N-dealkylation sites (N-methyl/N-ethyl adjacent to an activating group) is 1. The highest BCUT2D eigenvalue weighted by molar-refractivity contribution is 6.08. The zero-order chi connectivity index (χ0) is 42.9. The van der Waals surface area contributed by atoms with Crippen molar-refractivity contribution in [2.75, 3.05) is 25.9 Å². The maximum Gasteiger partial charge on any atom is 0.410 e. The Balaban J connectivity index is 1.48. The molecule has 4 N–H and O–H groups in total. The molecule has 5 rings (SSSR count). The number of cyclic esters (lactones) is 1. The van der Waals surface area contributed by atoms with Gasteiger partial charge in [0, 0.05) is 44.0 Å². The Labute approximate surface area is 339 Å². The number of amides is 1. The minimum atomic E-state index is -3.19. The quantitative estimate of drug-likeness (QED) is 0.168. The minimum Gasteiger partial charge on any atom is -0.455 e. The highest BCUT2D eigenvalue weighted by Gasteiger charge is 2.61. The first kappa shape index (κ1) is 45.2. The number of rotatable bonds is 11. The molecule has 1 amide bonds. The minimum absolute atomic E-state index is 0.0141. The normalized spacial score (nSPS) is 38.0. The number of hydrogen-bond donors (Lipinski definition) is 3.